The van der Waals surface area contributed by atoms with Crippen molar-refractivity contribution in [3.63, 3.8) is 0 Å². The van der Waals surface area contributed by atoms with Gasteiger partial charge in [-0.3, -0.25) is 9.48 Å². The number of aryl methyl sites for hydroxylation is 1. The Morgan fingerprint density at radius 3 is 2.81 bits per heavy atom. The third-order valence-electron chi connectivity index (χ3n) is 6.22. The minimum absolute atomic E-state index is 0.0644. The quantitative estimate of drug-likeness (QED) is 0.544. The molecule has 2 aliphatic heterocycles. The first-order chi connectivity index (χ1) is 15.0. The summed E-state index contributed by atoms with van der Waals surface area (Å²) in [5.41, 5.74) is 4.82. The minimum atomic E-state index is 0.0644. The molecule has 31 heavy (non-hydrogen) atoms. The van der Waals surface area contributed by atoms with Crippen molar-refractivity contribution >= 4 is 33.3 Å². The fourth-order valence-corrected chi connectivity index (χ4v) is 5.07. The van der Waals surface area contributed by atoms with Crippen molar-refractivity contribution in [2.24, 2.45) is 0 Å². The van der Waals surface area contributed by atoms with E-state index in [2.05, 4.69) is 40.3 Å². The maximum Gasteiger partial charge on any atom is 0.273 e. The topological polar surface area (TPSA) is 59.4 Å². The normalized spacial score (nSPS) is 17.5. The van der Waals surface area contributed by atoms with E-state index in [9.17, 15) is 4.79 Å². The van der Waals surface area contributed by atoms with Gasteiger partial charge >= 0.3 is 0 Å². The second-order valence-electron chi connectivity index (χ2n) is 8.27. The van der Waals surface area contributed by atoms with E-state index in [4.69, 9.17) is 9.84 Å². The van der Waals surface area contributed by atoms with Crippen molar-refractivity contribution in [2.75, 3.05) is 11.9 Å². The molecule has 1 saturated heterocycles. The molecule has 3 heterocycles. The molecule has 0 aliphatic carbocycles. The Hall–Kier alpha value is -2.80. The number of benzene rings is 2. The number of nitrogens with zero attached hydrogens (tertiary/aromatic N) is 3. The highest BCUT2D eigenvalue weighted by molar-refractivity contribution is 9.10. The molecule has 160 valence electrons. The van der Waals surface area contributed by atoms with Gasteiger partial charge in [-0.05, 0) is 59.8 Å². The molecular formula is C24H25BrN4O2. The fraction of sp³-hybridized carbons (Fsp3) is 0.333. The van der Waals surface area contributed by atoms with Crippen LogP contribution in [-0.4, -0.2) is 33.2 Å². The molecule has 0 radical (unpaired) electrons. The first-order valence-corrected chi connectivity index (χ1v) is 11.4. The molecule has 1 N–H and O–H groups in total. The van der Waals surface area contributed by atoms with Crippen LogP contribution in [-0.2, 0) is 13.2 Å². The van der Waals surface area contributed by atoms with E-state index >= 15 is 0 Å². The zero-order chi connectivity index (χ0) is 21.5. The van der Waals surface area contributed by atoms with Crippen molar-refractivity contribution in [3.05, 3.63) is 69.3 Å². The van der Waals surface area contributed by atoms with Crippen molar-refractivity contribution < 1.29 is 9.53 Å². The molecule has 0 saturated carbocycles. The van der Waals surface area contributed by atoms with Crippen LogP contribution in [0.1, 0.15) is 40.0 Å². The Bertz CT molecular complexity index is 1140. The smallest absolute Gasteiger partial charge is 0.273 e. The second kappa shape index (κ2) is 8.04. The van der Waals surface area contributed by atoms with Crippen LogP contribution in [0.2, 0.25) is 0 Å². The van der Waals surface area contributed by atoms with E-state index in [1.165, 1.54) is 0 Å². The van der Waals surface area contributed by atoms with E-state index in [1.807, 2.05) is 46.8 Å². The maximum atomic E-state index is 13.0. The summed E-state index contributed by atoms with van der Waals surface area (Å²) in [5.74, 6) is 1.55. The number of ether oxygens (including phenoxy) is 1. The largest absolute Gasteiger partial charge is 0.489 e. The van der Waals surface area contributed by atoms with Gasteiger partial charge in [-0.15, -0.1) is 0 Å². The molecule has 3 aromatic rings. The first-order valence-electron chi connectivity index (χ1n) is 10.6. The number of hydrogen-bond acceptors (Lipinski definition) is 4. The van der Waals surface area contributed by atoms with Crippen LogP contribution >= 0.6 is 15.9 Å². The SMILES string of the molecule is Cc1ccc(OCc2ccccc2)c(C)c1Nc1nn2c(c1Br)C(=O)N1CCC[C@@H]1C2. The Kier molecular flexibility index (Phi) is 5.22. The monoisotopic (exact) mass is 480 g/mol. The molecule has 1 amide bonds. The lowest BCUT2D eigenvalue weighted by atomic mass is 10.1. The molecule has 7 heteroatoms. The summed E-state index contributed by atoms with van der Waals surface area (Å²) in [6.45, 7) is 6.20. The van der Waals surface area contributed by atoms with Gasteiger partial charge in [0.1, 0.15) is 18.1 Å². The van der Waals surface area contributed by atoms with Crippen molar-refractivity contribution in [3.8, 4) is 5.75 Å². The molecular weight excluding hydrogens is 456 g/mol. The molecule has 6 nitrogen and oxygen atoms in total. The number of amides is 1. The van der Waals surface area contributed by atoms with Crippen LogP contribution in [0.15, 0.2) is 46.9 Å². The van der Waals surface area contributed by atoms with Gasteiger partial charge in [0.2, 0.25) is 0 Å². The first kappa shape index (κ1) is 20.1. The number of aromatic nitrogens is 2. The zero-order valence-electron chi connectivity index (χ0n) is 17.7. The van der Waals surface area contributed by atoms with Gasteiger partial charge in [0.05, 0.1) is 17.1 Å². The highest BCUT2D eigenvalue weighted by atomic mass is 79.9. The van der Waals surface area contributed by atoms with Gasteiger partial charge in [-0.1, -0.05) is 36.4 Å². The Labute approximate surface area is 190 Å². The van der Waals surface area contributed by atoms with E-state index in [0.717, 1.165) is 58.5 Å². The predicted octanol–water partition coefficient (Wildman–Crippen LogP) is 5.20. The zero-order valence-corrected chi connectivity index (χ0v) is 19.3. The summed E-state index contributed by atoms with van der Waals surface area (Å²) in [6, 6.07) is 14.4. The van der Waals surface area contributed by atoms with Gasteiger partial charge in [-0.2, -0.15) is 5.10 Å². The van der Waals surface area contributed by atoms with E-state index in [-0.39, 0.29) is 11.9 Å². The van der Waals surface area contributed by atoms with Crippen LogP contribution in [0, 0.1) is 13.8 Å². The Morgan fingerprint density at radius 2 is 2.00 bits per heavy atom. The Morgan fingerprint density at radius 1 is 1.19 bits per heavy atom. The number of rotatable bonds is 5. The molecule has 5 rings (SSSR count). The predicted molar refractivity (Wildman–Crippen MR) is 124 cm³/mol. The molecule has 0 unspecified atom stereocenters. The lowest BCUT2D eigenvalue weighted by Crippen LogP contribution is -2.44. The van der Waals surface area contributed by atoms with Gasteiger partial charge < -0.3 is 15.0 Å². The highest BCUT2D eigenvalue weighted by Crippen LogP contribution is 2.37. The number of carbonyl (C=O) groups excluding carboxylic acids is 1. The fourth-order valence-electron chi connectivity index (χ4n) is 4.52. The van der Waals surface area contributed by atoms with E-state index in [0.29, 0.717) is 18.1 Å². The van der Waals surface area contributed by atoms with E-state index < -0.39 is 0 Å². The van der Waals surface area contributed by atoms with Crippen LogP contribution in [0.5, 0.6) is 5.75 Å². The summed E-state index contributed by atoms with van der Waals surface area (Å²) < 4.78 is 8.67. The van der Waals surface area contributed by atoms with Crippen molar-refractivity contribution in [1.29, 1.82) is 0 Å². The third-order valence-corrected chi connectivity index (χ3v) is 6.97. The van der Waals surface area contributed by atoms with Crippen LogP contribution in [0.4, 0.5) is 11.5 Å². The molecule has 2 aliphatic rings. The highest BCUT2D eigenvalue weighted by Gasteiger charge is 2.38. The summed E-state index contributed by atoms with van der Waals surface area (Å²) in [4.78, 5) is 15.0. The Balaban J connectivity index is 1.42. The summed E-state index contributed by atoms with van der Waals surface area (Å²) in [6.07, 6.45) is 2.11. The van der Waals surface area contributed by atoms with Crippen LogP contribution < -0.4 is 10.1 Å². The van der Waals surface area contributed by atoms with Crippen LogP contribution in [0.3, 0.4) is 0 Å². The average Bonchev–Trinajstić information content (AvgIpc) is 3.36. The number of carbonyl (C=O) groups is 1. The molecule has 1 atom stereocenters. The van der Waals surface area contributed by atoms with Crippen molar-refractivity contribution in [1.82, 2.24) is 14.7 Å². The second-order valence-corrected chi connectivity index (χ2v) is 9.06. The molecule has 0 bridgehead atoms. The van der Waals surface area contributed by atoms with Crippen LogP contribution in [0.25, 0.3) is 0 Å². The van der Waals surface area contributed by atoms with Gasteiger partial charge in [0.15, 0.2) is 5.82 Å². The number of halogens is 1. The number of anilines is 2. The molecule has 0 spiro atoms. The van der Waals surface area contributed by atoms with E-state index in [1.54, 1.807) is 0 Å². The maximum absolute atomic E-state index is 13.0. The van der Waals surface area contributed by atoms with Crippen molar-refractivity contribution in [2.45, 2.75) is 45.9 Å². The van der Waals surface area contributed by atoms with Gasteiger partial charge in [0, 0.05) is 17.8 Å². The summed E-state index contributed by atoms with van der Waals surface area (Å²) in [5, 5.41) is 8.19. The minimum Gasteiger partial charge on any atom is -0.489 e. The lowest BCUT2D eigenvalue weighted by Gasteiger charge is -2.30. The standard InChI is InChI=1S/C24H25BrN4O2/c1-15-10-11-19(31-14-17-7-4-3-5-8-17)16(2)21(15)26-23-20(25)22-24(30)28-12-6-9-18(28)13-29(22)27-23/h3-5,7-8,10-11,18H,6,9,12-14H2,1-2H3,(H,26,27)/t18-/m1/s1. The number of hydrogen-bond donors (Lipinski definition) is 1. The third kappa shape index (κ3) is 3.61. The summed E-state index contributed by atoms with van der Waals surface area (Å²) in [7, 11) is 0. The molecule has 2 aromatic carbocycles. The lowest BCUT2D eigenvalue weighted by molar-refractivity contribution is 0.0658. The summed E-state index contributed by atoms with van der Waals surface area (Å²) >= 11 is 3.64. The van der Waals surface area contributed by atoms with Gasteiger partial charge in [0.25, 0.3) is 5.91 Å². The van der Waals surface area contributed by atoms with Gasteiger partial charge in [-0.25, -0.2) is 0 Å². The molecule has 1 fully saturated rings. The average molecular weight is 481 g/mol. The number of nitrogens with one attached hydrogen (secondary N) is 1. The molecule has 1 aromatic heterocycles. The number of fused-ring (bicyclic) bond motifs is 2.